The molecule has 0 aliphatic carbocycles. The minimum atomic E-state index is -0.228. The predicted molar refractivity (Wildman–Crippen MR) is 103 cm³/mol. The number of rotatable bonds is 5. The SMILES string of the molecule is CC(C)Oc1nnc(SC(C)C(=O)N2c3ccccc3CCC2C)s1. The molecular weight excluding hydrogens is 354 g/mol. The molecule has 2 unspecified atom stereocenters. The lowest BCUT2D eigenvalue weighted by Crippen LogP contribution is -2.45. The van der Waals surface area contributed by atoms with Gasteiger partial charge in [0.05, 0.1) is 11.4 Å². The van der Waals surface area contributed by atoms with Gasteiger partial charge in [-0.15, -0.1) is 5.10 Å². The lowest BCUT2D eigenvalue weighted by Gasteiger charge is -2.36. The lowest BCUT2D eigenvalue weighted by atomic mass is 9.96. The maximum Gasteiger partial charge on any atom is 0.295 e. The quantitative estimate of drug-likeness (QED) is 0.732. The molecule has 2 heterocycles. The van der Waals surface area contributed by atoms with E-state index >= 15 is 0 Å². The Balaban J connectivity index is 1.73. The fraction of sp³-hybridized carbons (Fsp3) is 0.500. The van der Waals surface area contributed by atoms with Gasteiger partial charge in [0.25, 0.3) is 5.19 Å². The fourth-order valence-corrected chi connectivity index (χ4v) is 4.91. The van der Waals surface area contributed by atoms with E-state index in [0.717, 1.165) is 22.9 Å². The molecule has 0 fully saturated rings. The van der Waals surface area contributed by atoms with Crippen LogP contribution in [0.3, 0.4) is 0 Å². The number of carbonyl (C=O) groups is 1. The van der Waals surface area contributed by atoms with Crippen molar-refractivity contribution in [3.05, 3.63) is 29.8 Å². The number of para-hydroxylation sites is 1. The molecule has 1 amide bonds. The number of hydrogen-bond acceptors (Lipinski definition) is 6. The highest BCUT2D eigenvalue weighted by molar-refractivity contribution is 8.02. The summed E-state index contributed by atoms with van der Waals surface area (Å²) in [4.78, 5) is 15.0. The number of fused-ring (bicyclic) bond motifs is 1. The molecule has 3 rings (SSSR count). The van der Waals surface area contributed by atoms with Crippen molar-refractivity contribution in [1.29, 1.82) is 0 Å². The summed E-state index contributed by atoms with van der Waals surface area (Å²) in [7, 11) is 0. The third-order valence-corrected chi connectivity index (χ3v) is 6.10. The third kappa shape index (κ3) is 4.15. The summed E-state index contributed by atoms with van der Waals surface area (Å²) in [5, 5.41) is 8.49. The zero-order chi connectivity index (χ0) is 18.0. The monoisotopic (exact) mass is 377 g/mol. The molecule has 5 nitrogen and oxygen atoms in total. The van der Waals surface area contributed by atoms with Crippen LogP contribution in [0, 0.1) is 0 Å². The van der Waals surface area contributed by atoms with Gasteiger partial charge in [-0.2, -0.15) is 0 Å². The van der Waals surface area contributed by atoms with E-state index in [-0.39, 0.29) is 23.3 Å². The van der Waals surface area contributed by atoms with E-state index in [9.17, 15) is 4.79 Å². The zero-order valence-corrected chi connectivity index (χ0v) is 16.6. The number of ether oxygens (including phenoxy) is 1. The van der Waals surface area contributed by atoms with Gasteiger partial charge in [0, 0.05) is 11.7 Å². The van der Waals surface area contributed by atoms with Crippen LogP contribution < -0.4 is 9.64 Å². The summed E-state index contributed by atoms with van der Waals surface area (Å²) < 4.78 is 6.31. The molecule has 134 valence electrons. The molecule has 1 aromatic heterocycles. The van der Waals surface area contributed by atoms with Gasteiger partial charge in [0.1, 0.15) is 0 Å². The molecule has 2 aromatic rings. The van der Waals surface area contributed by atoms with Crippen LogP contribution in [0.1, 0.15) is 39.7 Å². The van der Waals surface area contributed by atoms with Crippen LogP contribution in [0.15, 0.2) is 28.6 Å². The van der Waals surface area contributed by atoms with E-state index in [4.69, 9.17) is 4.74 Å². The molecule has 7 heteroatoms. The second-order valence-electron chi connectivity index (χ2n) is 6.49. The summed E-state index contributed by atoms with van der Waals surface area (Å²) >= 11 is 2.83. The molecule has 0 saturated heterocycles. The van der Waals surface area contributed by atoms with Crippen LogP contribution in [0.4, 0.5) is 5.69 Å². The molecule has 0 saturated carbocycles. The molecule has 0 spiro atoms. The van der Waals surface area contributed by atoms with Crippen molar-refractivity contribution >= 4 is 34.7 Å². The fourth-order valence-electron chi connectivity index (χ4n) is 2.92. The van der Waals surface area contributed by atoms with Crippen molar-refractivity contribution in [2.75, 3.05) is 4.90 Å². The van der Waals surface area contributed by atoms with E-state index in [1.807, 2.05) is 43.9 Å². The Morgan fingerprint density at radius 2 is 2.08 bits per heavy atom. The van der Waals surface area contributed by atoms with Gasteiger partial charge >= 0.3 is 0 Å². The van der Waals surface area contributed by atoms with Crippen molar-refractivity contribution in [2.24, 2.45) is 0 Å². The maximum absolute atomic E-state index is 13.1. The van der Waals surface area contributed by atoms with Crippen LogP contribution in [0.25, 0.3) is 0 Å². The average Bonchev–Trinajstić information content (AvgIpc) is 3.00. The first-order valence-electron chi connectivity index (χ1n) is 8.53. The molecular formula is C18H23N3O2S2. The highest BCUT2D eigenvalue weighted by atomic mass is 32.2. The second kappa shape index (κ2) is 7.74. The summed E-state index contributed by atoms with van der Waals surface area (Å²) in [6, 6.07) is 8.39. The topological polar surface area (TPSA) is 55.3 Å². The van der Waals surface area contributed by atoms with Crippen LogP contribution in [-0.2, 0) is 11.2 Å². The molecule has 1 aromatic carbocycles. The van der Waals surface area contributed by atoms with Crippen LogP contribution >= 0.6 is 23.1 Å². The van der Waals surface area contributed by atoms with Gasteiger partial charge in [-0.05, 0) is 63.5 Å². The predicted octanol–water partition coefficient (Wildman–Crippen LogP) is 4.17. The molecule has 0 N–H and O–H groups in total. The lowest BCUT2D eigenvalue weighted by molar-refractivity contribution is -0.118. The molecule has 1 aliphatic rings. The van der Waals surface area contributed by atoms with Gasteiger partial charge in [-0.1, -0.05) is 35.1 Å². The van der Waals surface area contributed by atoms with E-state index in [0.29, 0.717) is 5.19 Å². The Kier molecular flexibility index (Phi) is 5.64. The van der Waals surface area contributed by atoms with Gasteiger partial charge in [0.2, 0.25) is 5.91 Å². The van der Waals surface area contributed by atoms with E-state index in [1.165, 1.54) is 28.7 Å². The Hall–Kier alpha value is -1.60. The number of aromatic nitrogens is 2. The maximum atomic E-state index is 13.1. The summed E-state index contributed by atoms with van der Waals surface area (Å²) in [5.74, 6) is 0.117. The first kappa shape index (κ1) is 18.2. The zero-order valence-electron chi connectivity index (χ0n) is 14.9. The van der Waals surface area contributed by atoms with E-state index in [2.05, 4.69) is 23.2 Å². The van der Waals surface area contributed by atoms with E-state index < -0.39 is 0 Å². The number of thioether (sulfide) groups is 1. The smallest absolute Gasteiger partial charge is 0.295 e. The third-order valence-electron chi connectivity index (χ3n) is 4.11. The number of anilines is 1. The molecule has 0 radical (unpaired) electrons. The molecule has 2 atom stereocenters. The minimum Gasteiger partial charge on any atom is -0.466 e. The molecule has 0 bridgehead atoms. The van der Waals surface area contributed by atoms with Crippen molar-refractivity contribution in [2.45, 2.75) is 62.3 Å². The number of hydrogen-bond donors (Lipinski definition) is 0. The number of nitrogens with zero attached hydrogens (tertiary/aromatic N) is 3. The van der Waals surface area contributed by atoms with Crippen molar-refractivity contribution in [3.8, 4) is 5.19 Å². The molecule has 25 heavy (non-hydrogen) atoms. The number of amides is 1. The second-order valence-corrected chi connectivity index (χ2v) is 9.01. The number of carbonyl (C=O) groups excluding carboxylic acids is 1. The average molecular weight is 378 g/mol. The van der Waals surface area contributed by atoms with Crippen LogP contribution in [0.2, 0.25) is 0 Å². The first-order valence-corrected chi connectivity index (χ1v) is 10.2. The Labute approximate surface area is 156 Å². The highest BCUT2D eigenvalue weighted by Gasteiger charge is 2.31. The van der Waals surface area contributed by atoms with Gasteiger partial charge in [-0.3, -0.25) is 4.79 Å². The summed E-state index contributed by atoms with van der Waals surface area (Å²) in [6.07, 6.45) is 2.08. The summed E-state index contributed by atoms with van der Waals surface area (Å²) in [6.45, 7) is 7.96. The van der Waals surface area contributed by atoms with Gasteiger partial charge < -0.3 is 9.64 Å². The Bertz CT molecular complexity index is 747. The highest BCUT2D eigenvalue weighted by Crippen LogP contribution is 2.35. The number of aryl methyl sites for hydroxylation is 1. The van der Waals surface area contributed by atoms with Crippen molar-refractivity contribution < 1.29 is 9.53 Å². The number of benzene rings is 1. The van der Waals surface area contributed by atoms with Crippen molar-refractivity contribution in [1.82, 2.24) is 10.2 Å². The first-order chi connectivity index (χ1) is 12.0. The van der Waals surface area contributed by atoms with Gasteiger partial charge in [0.15, 0.2) is 4.34 Å². The largest absolute Gasteiger partial charge is 0.466 e. The standard InChI is InChI=1S/C18H23N3O2S2/c1-11(2)23-17-19-20-18(25-17)24-13(4)16(22)21-12(3)9-10-14-7-5-6-8-15(14)21/h5-8,11-13H,9-10H2,1-4H3. The van der Waals surface area contributed by atoms with Crippen molar-refractivity contribution in [3.63, 3.8) is 0 Å². The minimum absolute atomic E-state index is 0.0653. The Morgan fingerprint density at radius 3 is 2.84 bits per heavy atom. The summed E-state index contributed by atoms with van der Waals surface area (Å²) in [5.41, 5.74) is 2.29. The normalized spacial score (nSPS) is 18.1. The Morgan fingerprint density at radius 1 is 1.32 bits per heavy atom. The van der Waals surface area contributed by atoms with Crippen LogP contribution in [-0.4, -0.2) is 33.5 Å². The van der Waals surface area contributed by atoms with E-state index in [1.54, 1.807) is 0 Å². The molecule has 1 aliphatic heterocycles. The van der Waals surface area contributed by atoms with Crippen LogP contribution in [0.5, 0.6) is 5.19 Å². The van der Waals surface area contributed by atoms with Gasteiger partial charge in [-0.25, -0.2) is 0 Å².